The van der Waals surface area contributed by atoms with Gasteiger partial charge in [0.15, 0.2) is 0 Å². The van der Waals surface area contributed by atoms with Crippen LogP contribution in [-0.2, 0) is 12.2 Å². The molecule has 0 amide bonds. The van der Waals surface area contributed by atoms with Gasteiger partial charge < -0.3 is 9.52 Å². The zero-order valence-electron chi connectivity index (χ0n) is 14.2. The molecule has 0 bridgehead atoms. The van der Waals surface area contributed by atoms with Gasteiger partial charge in [0, 0.05) is 16.2 Å². The highest BCUT2D eigenvalue weighted by Crippen LogP contribution is 2.29. The van der Waals surface area contributed by atoms with Gasteiger partial charge >= 0.3 is 5.97 Å². The second-order valence-electron chi connectivity index (χ2n) is 5.65. The summed E-state index contributed by atoms with van der Waals surface area (Å²) >= 11 is 1.75. The minimum Gasteiger partial charge on any atom is -0.478 e. The second kappa shape index (κ2) is 7.57. The van der Waals surface area contributed by atoms with Crippen LogP contribution in [0.1, 0.15) is 34.3 Å². The van der Waals surface area contributed by atoms with E-state index in [0.29, 0.717) is 5.89 Å². The van der Waals surface area contributed by atoms with E-state index in [4.69, 9.17) is 9.52 Å². The highest BCUT2D eigenvalue weighted by Gasteiger charge is 2.13. The topological polar surface area (TPSA) is 63.3 Å². The number of benzene rings is 2. The molecule has 0 radical (unpaired) electrons. The molecule has 0 saturated heterocycles. The number of hydrogen-bond acceptors (Lipinski definition) is 4. The quantitative estimate of drug-likeness (QED) is 0.617. The number of nitrogens with zero attached hydrogens (tertiary/aromatic N) is 1. The predicted octanol–water partition coefficient (Wildman–Crippen LogP) is 5.20. The van der Waals surface area contributed by atoms with Crippen LogP contribution in [0.2, 0.25) is 0 Å². The van der Waals surface area contributed by atoms with Crippen molar-refractivity contribution in [2.45, 2.75) is 30.9 Å². The number of aromatic nitrogens is 1. The maximum atomic E-state index is 10.9. The van der Waals surface area contributed by atoms with Crippen LogP contribution in [0.15, 0.2) is 57.8 Å². The number of carboxylic acids is 1. The number of hydrogen-bond donors (Lipinski definition) is 1. The fraction of sp³-hybridized carbons (Fsp3) is 0.200. The van der Waals surface area contributed by atoms with E-state index >= 15 is 0 Å². The summed E-state index contributed by atoms with van der Waals surface area (Å²) in [6.07, 6.45) is 1.00. The van der Waals surface area contributed by atoms with Crippen molar-refractivity contribution in [1.29, 1.82) is 0 Å². The average molecular weight is 353 g/mol. The molecule has 0 aliphatic carbocycles. The second-order valence-corrected chi connectivity index (χ2v) is 6.67. The lowest BCUT2D eigenvalue weighted by molar-refractivity contribution is 0.0697. The van der Waals surface area contributed by atoms with Gasteiger partial charge in [0.1, 0.15) is 5.76 Å². The van der Waals surface area contributed by atoms with E-state index in [2.05, 4.69) is 30.1 Å². The van der Waals surface area contributed by atoms with Crippen LogP contribution >= 0.6 is 11.8 Å². The molecule has 0 saturated carbocycles. The van der Waals surface area contributed by atoms with E-state index in [1.54, 1.807) is 36.0 Å². The third-order valence-electron chi connectivity index (χ3n) is 3.99. The highest BCUT2D eigenvalue weighted by atomic mass is 32.2. The molecule has 1 aromatic heterocycles. The molecule has 0 atom stereocenters. The Morgan fingerprint density at radius 2 is 1.88 bits per heavy atom. The first-order chi connectivity index (χ1) is 12.1. The molecule has 128 valence electrons. The van der Waals surface area contributed by atoms with Gasteiger partial charge in [0.2, 0.25) is 5.89 Å². The van der Waals surface area contributed by atoms with Crippen molar-refractivity contribution in [3.05, 3.63) is 71.1 Å². The molecule has 0 spiro atoms. The Balaban J connectivity index is 1.77. The summed E-state index contributed by atoms with van der Waals surface area (Å²) in [5.74, 6) is 1.11. The average Bonchev–Trinajstić information content (AvgIpc) is 3.01. The number of oxazole rings is 1. The minimum atomic E-state index is -0.943. The summed E-state index contributed by atoms with van der Waals surface area (Å²) < 4.78 is 5.77. The third-order valence-corrected chi connectivity index (χ3v) is 5.12. The molecule has 3 aromatic rings. The highest BCUT2D eigenvalue weighted by molar-refractivity contribution is 7.98. The number of carboxylic acid groups (broad SMARTS) is 1. The summed E-state index contributed by atoms with van der Waals surface area (Å²) in [6.45, 7) is 4.06. The molecule has 1 heterocycles. The first-order valence-corrected chi connectivity index (χ1v) is 9.07. The zero-order chi connectivity index (χ0) is 17.8. The lowest BCUT2D eigenvalue weighted by Gasteiger charge is -2.05. The molecule has 0 unspecified atom stereocenters. The number of rotatable bonds is 6. The summed E-state index contributed by atoms with van der Waals surface area (Å²) in [7, 11) is 0. The molecular formula is C20H19NO3S. The first kappa shape index (κ1) is 17.3. The molecule has 5 heteroatoms. The largest absolute Gasteiger partial charge is 0.478 e. The Kier molecular flexibility index (Phi) is 5.24. The van der Waals surface area contributed by atoms with Gasteiger partial charge in [-0.3, -0.25) is 0 Å². The monoisotopic (exact) mass is 353 g/mol. The Bertz CT molecular complexity index is 884. The predicted molar refractivity (Wildman–Crippen MR) is 99.0 cm³/mol. The molecule has 0 fully saturated rings. The van der Waals surface area contributed by atoms with Gasteiger partial charge in [0.25, 0.3) is 0 Å². The van der Waals surface area contributed by atoms with Gasteiger partial charge in [-0.05, 0) is 49.2 Å². The summed E-state index contributed by atoms with van der Waals surface area (Å²) in [4.78, 5) is 16.8. The molecule has 0 aliphatic rings. The van der Waals surface area contributed by atoms with Crippen molar-refractivity contribution in [3.8, 4) is 11.5 Å². The minimum absolute atomic E-state index is 0.249. The van der Waals surface area contributed by atoms with Crippen LogP contribution in [0.25, 0.3) is 11.5 Å². The van der Waals surface area contributed by atoms with Gasteiger partial charge in [-0.15, -0.1) is 11.8 Å². The van der Waals surface area contributed by atoms with E-state index in [1.165, 1.54) is 10.5 Å². The van der Waals surface area contributed by atoms with Gasteiger partial charge in [-0.2, -0.15) is 0 Å². The van der Waals surface area contributed by atoms with Crippen LogP contribution in [0, 0.1) is 6.92 Å². The van der Waals surface area contributed by atoms with Crippen molar-refractivity contribution in [1.82, 2.24) is 4.98 Å². The fourth-order valence-electron chi connectivity index (χ4n) is 2.52. The van der Waals surface area contributed by atoms with Crippen LogP contribution in [-0.4, -0.2) is 16.1 Å². The van der Waals surface area contributed by atoms with Gasteiger partial charge in [-0.1, -0.05) is 25.1 Å². The van der Waals surface area contributed by atoms with Gasteiger partial charge in [-0.25, -0.2) is 9.78 Å². The maximum absolute atomic E-state index is 10.9. The van der Waals surface area contributed by atoms with Crippen LogP contribution in [0.5, 0.6) is 0 Å². The Hall–Kier alpha value is -2.53. The number of thioether (sulfide) groups is 1. The number of aromatic carboxylic acids is 1. The molecular weight excluding hydrogens is 334 g/mol. The summed E-state index contributed by atoms with van der Waals surface area (Å²) in [6, 6.07) is 14.9. The van der Waals surface area contributed by atoms with E-state index < -0.39 is 5.97 Å². The summed E-state index contributed by atoms with van der Waals surface area (Å²) in [5, 5.41) is 8.97. The van der Waals surface area contributed by atoms with Crippen molar-refractivity contribution in [3.63, 3.8) is 0 Å². The molecule has 3 rings (SSSR count). The molecule has 0 aliphatic heterocycles. The van der Waals surface area contributed by atoms with Crippen LogP contribution in [0.3, 0.4) is 0 Å². The van der Waals surface area contributed by atoms with E-state index in [1.807, 2.05) is 13.0 Å². The standard InChI is InChI=1S/C20H19NO3S/c1-3-14-6-4-5-7-18(14)25-12-17-13(2)24-19(21-17)15-8-10-16(11-9-15)20(22)23/h4-11H,3,12H2,1-2H3,(H,22,23). The lowest BCUT2D eigenvalue weighted by Crippen LogP contribution is -1.95. The Labute approximate surface area is 150 Å². The van der Waals surface area contributed by atoms with Crippen molar-refractivity contribution in [2.75, 3.05) is 0 Å². The molecule has 4 nitrogen and oxygen atoms in total. The maximum Gasteiger partial charge on any atom is 0.335 e. The van der Waals surface area contributed by atoms with Crippen molar-refractivity contribution < 1.29 is 14.3 Å². The normalized spacial score (nSPS) is 10.8. The lowest BCUT2D eigenvalue weighted by atomic mass is 10.1. The SMILES string of the molecule is CCc1ccccc1SCc1nc(-c2ccc(C(=O)O)cc2)oc1C. The van der Waals surface area contributed by atoms with Crippen molar-refractivity contribution in [2.24, 2.45) is 0 Å². The number of aryl methyl sites for hydroxylation is 2. The van der Waals surface area contributed by atoms with E-state index in [9.17, 15) is 4.79 Å². The smallest absolute Gasteiger partial charge is 0.335 e. The van der Waals surface area contributed by atoms with E-state index in [-0.39, 0.29) is 5.56 Å². The Morgan fingerprint density at radius 1 is 1.16 bits per heavy atom. The number of carbonyl (C=O) groups is 1. The molecule has 1 N–H and O–H groups in total. The third kappa shape index (κ3) is 3.94. The Morgan fingerprint density at radius 3 is 2.56 bits per heavy atom. The van der Waals surface area contributed by atoms with Gasteiger partial charge in [0.05, 0.1) is 11.3 Å². The molecule has 2 aromatic carbocycles. The van der Waals surface area contributed by atoms with Crippen molar-refractivity contribution >= 4 is 17.7 Å². The van der Waals surface area contributed by atoms with Crippen LogP contribution < -0.4 is 0 Å². The first-order valence-electron chi connectivity index (χ1n) is 8.09. The molecule has 25 heavy (non-hydrogen) atoms. The zero-order valence-corrected chi connectivity index (χ0v) is 15.0. The van der Waals surface area contributed by atoms with Crippen LogP contribution in [0.4, 0.5) is 0 Å². The fourth-order valence-corrected chi connectivity index (χ4v) is 3.66. The summed E-state index contributed by atoms with van der Waals surface area (Å²) in [5.41, 5.74) is 3.27. The van der Waals surface area contributed by atoms with E-state index in [0.717, 1.165) is 29.2 Å².